The summed E-state index contributed by atoms with van der Waals surface area (Å²) in [6.45, 7) is 4.67. The van der Waals surface area contributed by atoms with E-state index in [9.17, 15) is 9.18 Å². The smallest absolute Gasteiger partial charge is 0.255 e. The first-order valence-corrected chi connectivity index (χ1v) is 7.23. The predicted octanol–water partition coefficient (Wildman–Crippen LogP) is 3.09. The van der Waals surface area contributed by atoms with Crippen molar-refractivity contribution in [2.45, 2.75) is 13.3 Å². The van der Waals surface area contributed by atoms with E-state index in [-0.39, 0.29) is 10.4 Å². The fourth-order valence-corrected chi connectivity index (χ4v) is 2.67. The van der Waals surface area contributed by atoms with Crippen molar-refractivity contribution in [3.8, 4) is 0 Å². The van der Waals surface area contributed by atoms with Gasteiger partial charge in [0.25, 0.3) is 5.91 Å². The van der Waals surface area contributed by atoms with Crippen LogP contribution in [-0.2, 0) is 4.74 Å². The highest BCUT2D eigenvalue weighted by molar-refractivity contribution is 9.10. The van der Waals surface area contributed by atoms with E-state index in [1.165, 1.54) is 6.07 Å². The fraction of sp³-hybridized carbons (Fsp3) is 0.500. The average Bonchev–Trinajstić information content (AvgIpc) is 2.91. The van der Waals surface area contributed by atoms with Crippen LogP contribution in [0.25, 0.3) is 0 Å². The van der Waals surface area contributed by atoms with Crippen LogP contribution in [0, 0.1) is 11.7 Å². The van der Waals surface area contributed by atoms with Crippen molar-refractivity contribution in [2.75, 3.05) is 26.3 Å². The largest absolute Gasteiger partial charge is 0.381 e. The van der Waals surface area contributed by atoms with Crippen LogP contribution in [-0.4, -0.2) is 37.1 Å². The van der Waals surface area contributed by atoms with E-state index in [0.717, 1.165) is 13.0 Å². The quantitative estimate of drug-likeness (QED) is 0.849. The standard InChI is InChI=1S/C14H17BrFNO2/c1-2-17(8-10-6-7-19-9-10)14(18)11-4-3-5-12(16)13(11)15/h3-5,10H,2,6-9H2,1H3. The fourth-order valence-electron chi connectivity index (χ4n) is 2.23. The molecule has 1 aliphatic heterocycles. The van der Waals surface area contributed by atoms with Gasteiger partial charge in [-0.05, 0) is 41.4 Å². The van der Waals surface area contributed by atoms with Crippen molar-refractivity contribution in [3.05, 3.63) is 34.1 Å². The second-order valence-electron chi connectivity index (χ2n) is 4.67. The van der Waals surface area contributed by atoms with Gasteiger partial charge < -0.3 is 9.64 Å². The lowest BCUT2D eigenvalue weighted by Crippen LogP contribution is -2.35. The third-order valence-electron chi connectivity index (χ3n) is 3.35. The normalized spacial score (nSPS) is 18.6. The number of hydrogen-bond donors (Lipinski definition) is 0. The molecular formula is C14H17BrFNO2. The Morgan fingerprint density at radius 3 is 3.00 bits per heavy atom. The topological polar surface area (TPSA) is 29.5 Å². The molecule has 1 unspecified atom stereocenters. The molecule has 0 bridgehead atoms. The van der Waals surface area contributed by atoms with E-state index in [0.29, 0.717) is 31.2 Å². The van der Waals surface area contributed by atoms with E-state index >= 15 is 0 Å². The number of benzene rings is 1. The molecule has 1 aromatic carbocycles. The molecule has 0 aromatic heterocycles. The van der Waals surface area contributed by atoms with Gasteiger partial charge in [-0.2, -0.15) is 0 Å². The number of nitrogens with zero attached hydrogens (tertiary/aromatic N) is 1. The summed E-state index contributed by atoms with van der Waals surface area (Å²) in [4.78, 5) is 14.2. The van der Waals surface area contributed by atoms with Gasteiger partial charge in [0.1, 0.15) is 5.82 Å². The van der Waals surface area contributed by atoms with Gasteiger partial charge in [-0.1, -0.05) is 6.07 Å². The summed E-state index contributed by atoms with van der Waals surface area (Å²) >= 11 is 3.14. The van der Waals surface area contributed by atoms with E-state index in [1.54, 1.807) is 17.0 Å². The molecule has 1 heterocycles. The summed E-state index contributed by atoms with van der Waals surface area (Å²) in [6.07, 6.45) is 0.980. The van der Waals surface area contributed by atoms with Crippen molar-refractivity contribution in [3.63, 3.8) is 0 Å². The second kappa shape index (κ2) is 6.48. The van der Waals surface area contributed by atoms with Crippen LogP contribution in [0.2, 0.25) is 0 Å². The number of hydrogen-bond acceptors (Lipinski definition) is 2. The third-order valence-corrected chi connectivity index (χ3v) is 4.16. The number of carbonyl (C=O) groups is 1. The van der Waals surface area contributed by atoms with Gasteiger partial charge in [-0.25, -0.2) is 4.39 Å². The van der Waals surface area contributed by atoms with Crippen LogP contribution in [0.1, 0.15) is 23.7 Å². The molecule has 1 aliphatic rings. The Morgan fingerprint density at radius 1 is 1.58 bits per heavy atom. The Kier molecular flexibility index (Phi) is 4.93. The van der Waals surface area contributed by atoms with Crippen LogP contribution < -0.4 is 0 Å². The summed E-state index contributed by atoms with van der Waals surface area (Å²) in [7, 11) is 0. The predicted molar refractivity (Wildman–Crippen MR) is 74.6 cm³/mol. The number of ether oxygens (including phenoxy) is 1. The highest BCUT2D eigenvalue weighted by atomic mass is 79.9. The van der Waals surface area contributed by atoms with E-state index in [2.05, 4.69) is 15.9 Å². The highest BCUT2D eigenvalue weighted by Crippen LogP contribution is 2.23. The van der Waals surface area contributed by atoms with E-state index in [1.807, 2.05) is 6.92 Å². The number of amides is 1. The molecule has 5 heteroatoms. The van der Waals surface area contributed by atoms with E-state index in [4.69, 9.17) is 4.74 Å². The minimum Gasteiger partial charge on any atom is -0.381 e. The molecule has 0 radical (unpaired) electrons. The summed E-state index contributed by atoms with van der Waals surface area (Å²) in [5.74, 6) is -0.164. The second-order valence-corrected chi connectivity index (χ2v) is 5.47. The molecule has 1 fully saturated rings. The van der Waals surface area contributed by atoms with Crippen molar-refractivity contribution in [1.29, 1.82) is 0 Å². The van der Waals surface area contributed by atoms with E-state index < -0.39 is 5.82 Å². The van der Waals surface area contributed by atoms with Gasteiger partial charge in [0.05, 0.1) is 16.6 Å². The Bertz CT molecular complexity index is 461. The van der Waals surface area contributed by atoms with Crippen molar-refractivity contribution in [1.82, 2.24) is 4.90 Å². The first-order chi connectivity index (χ1) is 9.13. The minimum atomic E-state index is -0.411. The summed E-state index contributed by atoms with van der Waals surface area (Å²) < 4.78 is 19.0. The van der Waals surface area contributed by atoms with Gasteiger partial charge in [0.15, 0.2) is 0 Å². The molecule has 19 heavy (non-hydrogen) atoms. The minimum absolute atomic E-state index is 0.138. The number of carbonyl (C=O) groups excluding carboxylic acids is 1. The first kappa shape index (κ1) is 14.5. The Hall–Kier alpha value is -0.940. The molecule has 0 aliphatic carbocycles. The summed E-state index contributed by atoms with van der Waals surface area (Å²) in [5.41, 5.74) is 0.376. The Balaban J connectivity index is 2.13. The molecule has 0 N–H and O–H groups in total. The van der Waals surface area contributed by atoms with Gasteiger partial charge >= 0.3 is 0 Å². The lowest BCUT2D eigenvalue weighted by molar-refractivity contribution is 0.0729. The van der Waals surface area contributed by atoms with Crippen LogP contribution in [0.3, 0.4) is 0 Å². The lowest BCUT2D eigenvalue weighted by Gasteiger charge is -2.24. The maximum Gasteiger partial charge on any atom is 0.255 e. The molecule has 0 spiro atoms. The van der Waals surface area contributed by atoms with Crippen LogP contribution in [0.4, 0.5) is 4.39 Å². The van der Waals surface area contributed by atoms with Crippen molar-refractivity contribution in [2.24, 2.45) is 5.92 Å². The SMILES string of the molecule is CCN(CC1CCOC1)C(=O)c1cccc(F)c1Br. The molecule has 0 saturated carbocycles. The molecule has 1 aromatic rings. The number of halogens is 2. The molecule has 1 saturated heterocycles. The zero-order valence-corrected chi connectivity index (χ0v) is 12.5. The lowest BCUT2D eigenvalue weighted by atomic mass is 10.1. The average molecular weight is 330 g/mol. The van der Waals surface area contributed by atoms with Gasteiger partial charge in [0, 0.05) is 25.6 Å². The maximum absolute atomic E-state index is 13.5. The molecule has 104 valence electrons. The molecule has 2 rings (SSSR count). The van der Waals surface area contributed by atoms with Gasteiger partial charge in [0.2, 0.25) is 0 Å². The van der Waals surface area contributed by atoms with Crippen LogP contribution >= 0.6 is 15.9 Å². The van der Waals surface area contributed by atoms with Crippen molar-refractivity contribution < 1.29 is 13.9 Å². The number of rotatable bonds is 4. The van der Waals surface area contributed by atoms with Gasteiger partial charge in [-0.15, -0.1) is 0 Å². The van der Waals surface area contributed by atoms with Gasteiger partial charge in [-0.3, -0.25) is 4.79 Å². The maximum atomic E-state index is 13.5. The third kappa shape index (κ3) is 3.34. The molecule has 1 atom stereocenters. The molecule has 1 amide bonds. The zero-order valence-electron chi connectivity index (χ0n) is 10.9. The first-order valence-electron chi connectivity index (χ1n) is 6.44. The van der Waals surface area contributed by atoms with Crippen LogP contribution in [0.15, 0.2) is 22.7 Å². The monoisotopic (exact) mass is 329 g/mol. The summed E-state index contributed by atoms with van der Waals surface area (Å²) in [6, 6.07) is 4.53. The Labute approximate surface area is 120 Å². The summed E-state index contributed by atoms with van der Waals surface area (Å²) in [5, 5.41) is 0. The molecular weight excluding hydrogens is 313 g/mol. The van der Waals surface area contributed by atoms with Crippen molar-refractivity contribution >= 4 is 21.8 Å². The van der Waals surface area contributed by atoms with Crippen LogP contribution in [0.5, 0.6) is 0 Å². The Morgan fingerprint density at radius 2 is 2.37 bits per heavy atom. The highest BCUT2D eigenvalue weighted by Gasteiger charge is 2.24. The zero-order chi connectivity index (χ0) is 13.8. The molecule has 3 nitrogen and oxygen atoms in total.